The molecule has 0 bridgehead atoms. The number of hydrogen-bond acceptors (Lipinski definition) is 2. The fraction of sp³-hybridized carbons (Fsp3) is 0.600. The highest BCUT2D eigenvalue weighted by atomic mass is 29.3. The van der Waals surface area contributed by atoms with E-state index >= 15 is 0 Å². The highest BCUT2D eigenvalue weighted by molar-refractivity contribution is 7.38. The SMILES string of the molecule is C[Si]1(C)CCC(CCc2ccc(N)cc2)O[Si]1(C)C. The molecule has 1 atom stereocenters. The lowest BCUT2D eigenvalue weighted by molar-refractivity contribution is 0.176. The number of hydrogen-bond donors (Lipinski definition) is 1. The molecule has 1 aliphatic rings. The average molecular weight is 294 g/mol. The van der Waals surface area contributed by atoms with Crippen molar-refractivity contribution in [1.29, 1.82) is 0 Å². The molecule has 1 aromatic carbocycles. The molecule has 1 aliphatic heterocycles. The number of nitrogens with two attached hydrogens (primary N) is 1. The maximum Gasteiger partial charge on any atom is 0.174 e. The number of anilines is 1. The van der Waals surface area contributed by atoms with Crippen LogP contribution < -0.4 is 5.73 Å². The van der Waals surface area contributed by atoms with Crippen molar-refractivity contribution in [3.8, 4) is 0 Å². The smallest absolute Gasteiger partial charge is 0.174 e. The van der Waals surface area contributed by atoms with Gasteiger partial charge < -0.3 is 10.2 Å². The number of benzene rings is 1. The summed E-state index contributed by atoms with van der Waals surface area (Å²) >= 11 is 0. The van der Waals surface area contributed by atoms with Gasteiger partial charge in [-0.1, -0.05) is 31.3 Å². The van der Waals surface area contributed by atoms with E-state index in [1.54, 1.807) is 0 Å². The second kappa shape index (κ2) is 5.42. The van der Waals surface area contributed by atoms with Gasteiger partial charge in [0.05, 0.1) is 7.59 Å². The summed E-state index contributed by atoms with van der Waals surface area (Å²) < 4.78 is 6.51. The summed E-state index contributed by atoms with van der Waals surface area (Å²) in [7, 11) is -2.48. The van der Waals surface area contributed by atoms with Gasteiger partial charge in [-0.2, -0.15) is 0 Å². The molecule has 0 saturated carbocycles. The summed E-state index contributed by atoms with van der Waals surface area (Å²) in [6, 6.07) is 9.70. The maximum atomic E-state index is 6.51. The van der Waals surface area contributed by atoms with Crippen molar-refractivity contribution >= 4 is 21.1 Å². The number of nitrogen functional groups attached to an aromatic ring is 1. The van der Waals surface area contributed by atoms with Crippen LogP contribution in [0.2, 0.25) is 32.2 Å². The Hall–Kier alpha value is -0.586. The van der Waals surface area contributed by atoms with Crippen LogP contribution in [0.25, 0.3) is 0 Å². The predicted molar refractivity (Wildman–Crippen MR) is 88.4 cm³/mol. The van der Waals surface area contributed by atoms with Crippen LogP contribution in [0.3, 0.4) is 0 Å². The fourth-order valence-electron chi connectivity index (χ4n) is 2.67. The van der Waals surface area contributed by atoms with E-state index in [4.69, 9.17) is 10.2 Å². The van der Waals surface area contributed by atoms with E-state index < -0.39 is 15.4 Å². The molecular formula is C15H27NOSi2. The van der Waals surface area contributed by atoms with Gasteiger partial charge >= 0.3 is 0 Å². The van der Waals surface area contributed by atoms with Crippen LogP contribution in [0, 0.1) is 0 Å². The largest absolute Gasteiger partial charge is 0.417 e. The van der Waals surface area contributed by atoms with Crippen molar-refractivity contribution in [2.45, 2.75) is 57.6 Å². The zero-order chi connectivity index (χ0) is 14.1. The summed E-state index contributed by atoms with van der Waals surface area (Å²) in [5, 5.41) is 0. The summed E-state index contributed by atoms with van der Waals surface area (Å²) in [5.74, 6) is 0. The lowest BCUT2D eigenvalue weighted by Gasteiger charge is -2.45. The molecule has 106 valence electrons. The molecule has 2 rings (SSSR count). The quantitative estimate of drug-likeness (QED) is 0.676. The first-order valence-corrected chi connectivity index (χ1v) is 14.4. The van der Waals surface area contributed by atoms with Gasteiger partial charge in [-0.05, 0) is 50.1 Å². The summed E-state index contributed by atoms with van der Waals surface area (Å²) in [6.07, 6.45) is 4.02. The van der Waals surface area contributed by atoms with Crippen molar-refractivity contribution in [1.82, 2.24) is 0 Å². The Morgan fingerprint density at radius 2 is 1.79 bits per heavy atom. The number of rotatable bonds is 3. The van der Waals surface area contributed by atoms with Gasteiger partial charge in [0.25, 0.3) is 0 Å². The molecule has 0 radical (unpaired) electrons. The van der Waals surface area contributed by atoms with E-state index in [1.165, 1.54) is 18.0 Å². The van der Waals surface area contributed by atoms with Crippen LogP contribution in [0.4, 0.5) is 5.69 Å². The van der Waals surface area contributed by atoms with Crippen LogP contribution in [-0.4, -0.2) is 21.5 Å². The zero-order valence-electron chi connectivity index (χ0n) is 12.7. The van der Waals surface area contributed by atoms with Crippen molar-refractivity contribution in [2.24, 2.45) is 0 Å². The lowest BCUT2D eigenvalue weighted by atomic mass is 10.1. The standard InChI is InChI=1S/C15H27NOSi2/c1-18(2)12-11-15(17-19(18,3)4)10-7-13-5-8-14(16)9-6-13/h5-6,8-9,15H,7,10-12,16H2,1-4H3. The van der Waals surface area contributed by atoms with Crippen LogP contribution in [0.1, 0.15) is 18.4 Å². The van der Waals surface area contributed by atoms with Gasteiger partial charge in [0, 0.05) is 11.8 Å². The van der Waals surface area contributed by atoms with Gasteiger partial charge in [0.2, 0.25) is 0 Å². The Morgan fingerprint density at radius 1 is 1.16 bits per heavy atom. The molecule has 1 aromatic rings. The van der Waals surface area contributed by atoms with Crippen molar-refractivity contribution < 1.29 is 4.43 Å². The van der Waals surface area contributed by atoms with Crippen molar-refractivity contribution in [3.05, 3.63) is 29.8 Å². The summed E-state index contributed by atoms with van der Waals surface area (Å²) in [5.41, 5.74) is 7.94. The van der Waals surface area contributed by atoms with Crippen LogP contribution in [0.5, 0.6) is 0 Å². The van der Waals surface area contributed by atoms with E-state index in [2.05, 4.69) is 38.3 Å². The monoisotopic (exact) mass is 293 g/mol. The minimum absolute atomic E-state index is 0.486. The average Bonchev–Trinajstić information content (AvgIpc) is 2.33. The highest BCUT2D eigenvalue weighted by Gasteiger charge is 2.47. The van der Waals surface area contributed by atoms with E-state index in [0.717, 1.165) is 18.5 Å². The van der Waals surface area contributed by atoms with Gasteiger partial charge in [-0.15, -0.1) is 0 Å². The third-order valence-corrected chi connectivity index (χ3v) is 21.5. The van der Waals surface area contributed by atoms with Gasteiger partial charge in [0.1, 0.15) is 0 Å². The van der Waals surface area contributed by atoms with Crippen molar-refractivity contribution in [3.63, 3.8) is 0 Å². The van der Waals surface area contributed by atoms with E-state index in [-0.39, 0.29) is 0 Å². The van der Waals surface area contributed by atoms with E-state index in [0.29, 0.717) is 6.10 Å². The molecule has 1 unspecified atom stereocenters. The van der Waals surface area contributed by atoms with Crippen LogP contribution in [-0.2, 0) is 10.8 Å². The molecule has 19 heavy (non-hydrogen) atoms. The zero-order valence-corrected chi connectivity index (χ0v) is 14.7. The minimum atomic E-state index is -1.41. The van der Waals surface area contributed by atoms with Gasteiger partial charge in [-0.25, -0.2) is 0 Å². The Labute approximate surface area is 119 Å². The molecular weight excluding hydrogens is 266 g/mol. The van der Waals surface area contributed by atoms with Crippen molar-refractivity contribution in [2.75, 3.05) is 5.73 Å². The second-order valence-corrected chi connectivity index (χ2v) is 22.2. The molecule has 0 aliphatic carbocycles. The molecule has 4 heteroatoms. The third kappa shape index (κ3) is 3.49. The van der Waals surface area contributed by atoms with E-state index in [9.17, 15) is 0 Å². The normalized spacial score (nSPS) is 25.2. The Kier molecular flexibility index (Phi) is 4.23. The Bertz CT molecular complexity index is 428. The first-order chi connectivity index (χ1) is 8.80. The maximum absolute atomic E-state index is 6.51. The molecule has 1 heterocycles. The predicted octanol–water partition coefficient (Wildman–Crippen LogP) is 3.98. The molecule has 0 amide bonds. The number of aryl methyl sites for hydroxylation is 1. The van der Waals surface area contributed by atoms with Gasteiger partial charge in [0.15, 0.2) is 7.83 Å². The Balaban J connectivity index is 1.89. The highest BCUT2D eigenvalue weighted by Crippen LogP contribution is 2.34. The second-order valence-electron chi connectivity index (χ2n) is 6.95. The van der Waals surface area contributed by atoms with Gasteiger partial charge in [-0.3, -0.25) is 0 Å². The third-order valence-electron chi connectivity index (χ3n) is 4.92. The topological polar surface area (TPSA) is 35.2 Å². The molecule has 0 aromatic heterocycles. The minimum Gasteiger partial charge on any atom is -0.417 e. The first kappa shape index (κ1) is 14.8. The molecule has 1 saturated heterocycles. The summed E-state index contributed by atoms with van der Waals surface area (Å²) in [4.78, 5) is 0. The lowest BCUT2D eigenvalue weighted by Crippen LogP contribution is -2.61. The Morgan fingerprint density at radius 3 is 2.37 bits per heavy atom. The first-order valence-electron chi connectivity index (χ1n) is 7.32. The molecule has 0 spiro atoms. The summed E-state index contributed by atoms with van der Waals surface area (Å²) in [6.45, 7) is 9.87. The fourth-order valence-corrected chi connectivity index (χ4v) is 9.40. The molecule has 1 fully saturated rings. The molecule has 2 N–H and O–H groups in total. The van der Waals surface area contributed by atoms with Crippen LogP contribution in [0.15, 0.2) is 24.3 Å². The van der Waals surface area contributed by atoms with Crippen LogP contribution >= 0.6 is 0 Å². The molecule has 2 nitrogen and oxygen atoms in total. The van der Waals surface area contributed by atoms with E-state index in [1.807, 2.05) is 12.1 Å².